The normalized spacial score (nSPS) is 10.5. The van der Waals surface area contributed by atoms with Gasteiger partial charge in [0.15, 0.2) is 0 Å². The number of benzene rings is 2. The summed E-state index contributed by atoms with van der Waals surface area (Å²) in [6, 6.07) is 14.8. The highest BCUT2D eigenvalue weighted by atomic mass is 16.5. The van der Waals surface area contributed by atoms with E-state index in [1.54, 1.807) is 30.5 Å². The van der Waals surface area contributed by atoms with Crippen LogP contribution in [0, 0.1) is 6.92 Å². The van der Waals surface area contributed by atoms with E-state index in [0.29, 0.717) is 12.3 Å². The Morgan fingerprint density at radius 1 is 1.04 bits per heavy atom. The summed E-state index contributed by atoms with van der Waals surface area (Å²) in [6.45, 7) is 4.47. The van der Waals surface area contributed by atoms with Crippen molar-refractivity contribution >= 4 is 23.7 Å². The van der Waals surface area contributed by atoms with Gasteiger partial charge in [0, 0.05) is 18.5 Å². The Labute approximate surface area is 153 Å². The molecule has 0 heterocycles. The number of ether oxygens (including phenoxy) is 1. The first-order valence-corrected chi connectivity index (χ1v) is 8.48. The highest BCUT2D eigenvalue weighted by Crippen LogP contribution is 2.15. The molecule has 0 spiro atoms. The maximum Gasteiger partial charge on any atom is 0.240 e. The van der Waals surface area contributed by atoms with E-state index in [2.05, 4.69) is 15.8 Å². The number of rotatable bonds is 8. The first-order valence-electron chi connectivity index (χ1n) is 8.48. The molecule has 0 fully saturated rings. The fourth-order valence-corrected chi connectivity index (χ4v) is 2.21. The van der Waals surface area contributed by atoms with Gasteiger partial charge in [-0.2, -0.15) is 5.10 Å². The summed E-state index contributed by atoms with van der Waals surface area (Å²) in [7, 11) is 0. The summed E-state index contributed by atoms with van der Waals surface area (Å²) in [4.78, 5) is 23.7. The highest BCUT2D eigenvalue weighted by molar-refractivity contribution is 5.93. The average molecular weight is 353 g/mol. The fourth-order valence-electron chi connectivity index (χ4n) is 2.21. The molecule has 0 aliphatic rings. The van der Waals surface area contributed by atoms with Gasteiger partial charge in [0.05, 0.1) is 12.8 Å². The van der Waals surface area contributed by atoms with E-state index in [1.807, 2.05) is 38.1 Å². The number of anilines is 1. The number of nitrogens with zero attached hydrogens (tertiary/aromatic N) is 1. The molecular weight excluding hydrogens is 330 g/mol. The van der Waals surface area contributed by atoms with Gasteiger partial charge in [0.1, 0.15) is 5.75 Å². The molecule has 0 saturated carbocycles. The van der Waals surface area contributed by atoms with Gasteiger partial charge in [-0.3, -0.25) is 9.59 Å². The topological polar surface area (TPSA) is 79.8 Å². The van der Waals surface area contributed by atoms with Gasteiger partial charge < -0.3 is 10.1 Å². The molecule has 0 unspecified atom stereocenters. The molecule has 0 atom stereocenters. The van der Waals surface area contributed by atoms with Crippen LogP contribution in [-0.4, -0.2) is 24.6 Å². The largest absolute Gasteiger partial charge is 0.494 e. The fraction of sp³-hybridized carbons (Fsp3) is 0.250. The van der Waals surface area contributed by atoms with Crippen LogP contribution in [-0.2, 0) is 9.59 Å². The lowest BCUT2D eigenvalue weighted by molar-refractivity contribution is -0.124. The summed E-state index contributed by atoms with van der Waals surface area (Å²) in [5, 5.41) is 6.66. The lowest BCUT2D eigenvalue weighted by Gasteiger charge is -2.07. The Balaban J connectivity index is 1.73. The van der Waals surface area contributed by atoms with E-state index < -0.39 is 0 Å². The Hall–Kier alpha value is -3.15. The van der Waals surface area contributed by atoms with Crippen molar-refractivity contribution in [2.75, 3.05) is 11.9 Å². The van der Waals surface area contributed by atoms with Crippen LogP contribution in [0.4, 0.5) is 5.69 Å². The van der Waals surface area contributed by atoms with Crippen molar-refractivity contribution in [3.8, 4) is 5.75 Å². The van der Waals surface area contributed by atoms with Crippen molar-refractivity contribution < 1.29 is 14.3 Å². The molecule has 0 radical (unpaired) electrons. The van der Waals surface area contributed by atoms with Gasteiger partial charge in [-0.25, -0.2) is 5.43 Å². The number of carbonyl (C=O) groups is 2. The minimum atomic E-state index is -0.309. The van der Waals surface area contributed by atoms with Crippen molar-refractivity contribution in [1.29, 1.82) is 0 Å². The van der Waals surface area contributed by atoms with Crippen LogP contribution in [0.5, 0.6) is 5.75 Å². The Morgan fingerprint density at radius 3 is 2.42 bits per heavy atom. The zero-order valence-electron chi connectivity index (χ0n) is 15.0. The second-order valence-electron chi connectivity index (χ2n) is 5.66. The van der Waals surface area contributed by atoms with Gasteiger partial charge in [0.25, 0.3) is 0 Å². The number of hydrogen-bond acceptors (Lipinski definition) is 4. The van der Waals surface area contributed by atoms with E-state index in [-0.39, 0.29) is 24.7 Å². The van der Waals surface area contributed by atoms with E-state index in [0.717, 1.165) is 16.9 Å². The molecule has 2 aromatic rings. The van der Waals surface area contributed by atoms with Crippen LogP contribution in [0.15, 0.2) is 53.6 Å². The number of amides is 2. The maximum atomic E-state index is 11.9. The van der Waals surface area contributed by atoms with Crippen LogP contribution in [0.2, 0.25) is 0 Å². The molecule has 26 heavy (non-hydrogen) atoms. The van der Waals surface area contributed by atoms with Crippen LogP contribution in [0.3, 0.4) is 0 Å². The Morgan fingerprint density at radius 2 is 1.73 bits per heavy atom. The van der Waals surface area contributed by atoms with Gasteiger partial charge in [0.2, 0.25) is 11.8 Å². The molecule has 0 aromatic heterocycles. The zero-order chi connectivity index (χ0) is 18.8. The van der Waals surface area contributed by atoms with Crippen molar-refractivity contribution in [3.05, 3.63) is 59.7 Å². The summed E-state index contributed by atoms with van der Waals surface area (Å²) in [5.74, 6) is 0.209. The summed E-state index contributed by atoms with van der Waals surface area (Å²) in [5.41, 5.74) is 5.10. The minimum Gasteiger partial charge on any atom is -0.494 e. The third kappa shape index (κ3) is 6.39. The monoisotopic (exact) mass is 353 g/mol. The average Bonchev–Trinajstić information content (AvgIpc) is 2.63. The van der Waals surface area contributed by atoms with Gasteiger partial charge in [-0.1, -0.05) is 24.3 Å². The minimum absolute atomic E-state index is 0.0635. The maximum absolute atomic E-state index is 11.9. The first kappa shape index (κ1) is 19.2. The third-order valence-electron chi connectivity index (χ3n) is 3.61. The van der Waals surface area contributed by atoms with Gasteiger partial charge in [-0.15, -0.1) is 0 Å². The number of nitrogens with one attached hydrogen (secondary N) is 2. The van der Waals surface area contributed by atoms with E-state index >= 15 is 0 Å². The van der Waals surface area contributed by atoms with E-state index in [4.69, 9.17) is 4.74 Å². The smallest absolute Gasteiger partial charge is 0.240 e. The molecule has 136 valence electrons. The Kier molecular flexibility index (Phi) is 7.36. The molecule has 6 nitrogen and oxygen atoms in total. The summed E-state index contributed by atoms with van der Waals surface area (Å²) < 4.78 is 5.34. The predicted molar refractivity (Wildman–Crippen MR) is 102 cm³/mol. The van der Waals surface area contributed by atoms with Gasteiger partial charge >= 0.3 is 0 Å². The number of hydrogen-bond donors (Lipinski definition) is 2. The SMILES string of the molecule is CCOc1ccc(NC(=O)CCC(=O)N/N=C/c2ccccc2C)cc1. The highest BCUT2D eigenvalue weighted by Gasteiger charge is 2.07. The molecular formula is C20H23N3O3. The standard InChI is InChI=1S/C20H23N3O3/c1-3-26-18-10-8-17(9-11-18)22-19(24)12-13-20(25)23-21-14-16-7-5-4-6-15(16)2/h4-11,14H,3,12-13H2,1-2H3,(H,22,24)(H,23,25)/b21-14+. The summed E-state index contributed by atoms with van der Waals surface area (Å²) >= 11 is 0. The molecule has 2 aromatic carbocycles. The number of hydrazone groups is 1. The van der Waals surface area contributed by atoms with E-state index in [9.17, 15) is 9.59 Å². The van der Waals surface area contributed by atoms with Crippen molar-refractivity contribution in [3.63, 3.8) is 0 Å². The third-order valence-corrected chi connectivity index (χ3v) is 3.61. The molecule has 0 aliphatic heterocycles. The lowest BCUT2D eigenvalue weighted by Crippen LogP contribution is -2.20. The van der Waals surface area contributed by atoms with Crippen LogP contribution >= 0.6 is 0 Å². The van der Waals surface area contributed by atoms with Crippen LogP contribution in [0.25, 0.3) is 0 Å². The number of aryl methyl sites for hydroxylation is 1. The summed E-state index contributed by atoms with van der Waals surface area (Å²) in [6.07, 6.45) is 1.74. The molecule has 0 aliphatic carbocycles. The zero-order valence-corrected chi connectivity index (χ0v) is 15.0. The first-order chi connectivity index (χ1) is 12.6. The molecule has 2 amide bonds. The van der Waals surface area contributed by atoms with Crippen LogP contribution in [0.1, 0.15) is 30.9 Å². The molecule has 0 bridgehead atoms. The van der Waals surface area contributed by atoms with Crippen LogP contribution < -0.4 is 15.5 Å². The molecule has 6 heteroatoms. The lowest BCUT2D eigenvalue weighted by atomic mass is 10.1. The van der Waals surface area contributed by atoms with E-state index in [1.165, 1.54) is 0 Å². The molecule has 2 N–H and O–H groups in total. The second kappa shape index (κ2) is 9.98. The quantitative estimate of drug-likeness (QED) is 0.565. The predicted octanol–water partition coefficient (Wildman–Crippen LogP) is 3.26. The van der Waals surface area contributed by atoms with Crippen molar-refractivity contribution in [2.24, 2.45) is 5.10 Å². The van der Waals surface area contributed by atoms with Gasteiger partial charge in [-0.05, 0) is 49.2 Å². The Bertz CT molecular complexity index is 770. The number of carbonyl (C=O) groups excluding carboxylic acids is 2. The molecule has 0 saturated heterocycles. The van der Waals surface area contributed by atoms with Crippen molar-refractivity contribution in [1.82, 2.24) is 5.43 Å². The second-order valence-corrected chi connectivity index (χ2v) is 5.66. The van der Waals surface area contributed by atoms with Crippen molar-refractivity contribution in [2.45, 2.75) is 26.7 Å². The molecule has 2 rings (SSSR count).